The molecule has 0 unspecified atom stereocenters. The number of nitrogens with one attached hydrogen (secondary N) is 1. The van der Waals surface area contributed by atoms with E-state index in [2.05, 4.69) is 15.2 Å². The van der Waals surface area contributed by atoms with Crippen molar-refractivity contribution >= 4 is 22.4 Å². The van der Waals surface area contributed by atoms with E-state index in [-0.39, 0.29) is 17.6 Å². The molecular formula is C18H20FN3OS. The maximum atomic E-state index is 13.0. The Kier molecular flexibility index (Phi) is 4.33. The maximum absolute atomic E-state index is 13.0. The lowest BCUT2D eigenvalue weighted by Crippen LogP contribution is -2.29. The standard InChI is InChI=1S/C18H20FN3OS/c19-14-6-4-12(5-7-14)10-22-9-8-15-16(11-22)24-18(20-15)21-17(23)13-2-1-3-13/h4-7,13H,1-3,8-11H2,(H,20,21,23). The number of anilines is 1. The molecule has 2 heterocycles. The summed E-state index contributed by atoms with van der Waals surface area (Å²) in [6.07, 6.45) is 4.06. The number of carbonyl (C=O) groups excluding carboxylic acids is 1. The van der Waals surface area contributed by atoms with Gasteiger partial charge < -0.3 is 5.32 Å². The van der Waals surface area contributed by atoms with E-state index in [9.17, 15) is 9.18 Å². The van der Waals surface area contributed by atoms with Gasteiger partial charge in [0.1, 0.15) is 5.82 Å². The van der Waals surface area contributed by atoms with Crippen LogP contribution in [0.3, 0.4) is 0 Å². The second-order valence-corrected chi connectivity index (χ2v) is 7.68. The van der Waals surface area contributed by atoms with Crippen LogP contribution in [0.25, 0.3) is 0 Å². The zero-order valence-electron chi connectivity index (χ0n) is 13.4. The van der Waals surface area contributed by atoms with Gasteiger partial charge in [0, 0.05) is 36.9 Å². The van der Waals surface area contributed by atoms with E-state index >= 15 is 0 Å². The second-order valence-electron chi connectivity index (χ2n) is 6.59. The van der Waals surface area contributed by atoms with Crippen molar-refractivity contribution in [3.63, 3.8) is 0 Å². The van der Waals surface area contributed by atoms with Crippen molar-refractivity contribution in [1.29, 1.82) is 0 Å². The van der Waals surface area contributed by atoms with Crippen LogP contribution in [0.15, 0.2) is 24.3 Å². The summed E-state index contributed by atoms with van der Waals surface area (Å²) in [6.45, 7) is 2.58. The Bertz CT molecular complexity index is 739. The van der Waals surface area contributed by atoms with Gasteiger partial charge in [-0.3, -0.25) is 9.69 Å². The van der Waals surface area contributed by atoms with Crippen LogP contribution in [0.4, 0.5) is 9.52 Å². The van der Waals surface area contributed by atoms with Gasteiger partial charge in [0.25, 0.3) is 0 Å². The minimum Gasteiger partial charge on any atom is -0.302 e. The van der Waals surface area contributed by atoms with Gasteiger partial charge in [0.05, 0.1) is 5.69 Å². The highest BCUT2D eigenvalue weighted by Crippen LogP contribution is 2.31. The molecule has 1 aliphatic heterocycles. The number of rotatable bonds is 4. The number of amides is 1. The van der Waals surface area contributed by atoms with E-state index in [1.165, 1.54) is 17.0 Å². The average Bonchev–Trinajstić information content (AvgIpc) is 2.89. The molecule has 0 atom stereocenters. The van der Waals surface area contributed by atoms with Crippen molar-refractivity contribution < 1.29 is 9.18 Å². The molecule has 4 rings (SSSR count). The van der Waals surface area contributed by atoms with Crippen LogP contribution in [-0.4, -0.2) is 22.3 Å². The fraction of sp³-hybridized carbons (Fsp3) is 0.444. The number of halogens is 1. The van der Waals surface area contributed by atoms with Crippen LogP contribution in [0.5, 0.6) is 0 Å². The zero-order valence-corrected chi connectivity index (χ0v) is 14.2. The van der Waals surface area contributed by atoms with E-state index in [0.29, 0.717) is 0 Å². The van der Waals surface area contributed by atoms with Crippen LogP contribution in [0.2, 0.25) is 0 Å². The van der Waals surface area contributed by atoms with E-state index in [4.69, 9.17) is 0 Å². The zero-order chi connectivity index (χ0) is 16.5. The van der Waals surface area contributed by atoms with Crippen molar-refractivity contribution in [2.75, 3.05) is 11.9 Å². The van der Waals surface area contributed by atoms with Gasteiger partial charge in [-0.2, -0.15) is 0 Å². The quantitative estimate of drug-likeness (QED) is 0.921. The monoisotopic (exact) mass is 345 g/mol. The van der Waals surface area contributed by atoms with Gasteiger partial charge in [-0.05, 0) is 30.5 Å². The van der Waals surface area contributed by atoms with Gasteiger partial charge in [-0.1, -0.05) is 18.6 Å². The Labute approximate surface area is 144 Å². The molecule has 1 saturated carbocycles. The van der Waals surface area contributed by atoms with Crippen molar-refractivity contribution in [3.8, 4) is 0 Å². The predicted molar refractivity (Wildman–Crippen MR) is 92.3 cm³/mol. The molecule has 0 bridgehead atoms. The minimum absolute atomic E-state index is 0.121. The van der Waals surface area contributed by atoms with Gasteiger partial charge in [-0.15, -0.1) is 11.3 Å². The molecule has 0 saturated heterocycles. The Hall–Kier alpha value is -1.79. The molecule has 6 heteroatoms. The molecule has 1 aliphatic carbocycles. The van der Waals surface area contributed by atoms with Crippen LogP contribution in [0.1, 0.15) is 35.4 Å². The fourth-order valence-electron chi connectivity index (χ4n) is 3.16. The molecule has 0 radical (unpaired) electrons. The van der Waals surface area contributed by atoms with E-state index in [1.807, 2.05) is 12.1 Å². The van der Waals surface area contributed by atoms with Crippen molar-refractivity contribution in [2.45, 2.75) is 38.8 Å². The normalized spacial score (nSPS) is 18.0. The molecule has 1 fully saturated rings. The number of hydrogen-bond acceptors (Lipinski definition) is 4. The lowest BCUT2D eigenvalue weighted by molar-refractivity contribution is -0.122. The number of fused-ring (bicyclic) bond motifs is 1. The van der Waals surface area contributed by atoms with Crippen molar-refractivity contribution in [2.24, 2.45) is 5.92 Å². The Balaban J connectivity index is 1.39. The topological polar surface area (TPSA) is 45.2 Å². The van der Waals surface area contributed by atoms with Crippen molar-refractivity contribution in [1.82, 2.24) is 9.88 Å². The number of thiazole rings is 1. The summed E-state index contributed by atoms with van der Waals surface area (Å²) in [7, 11) is 0. The highest BCUT2D eigenvalue weighted by Gasteiger charge is 2.27. The highest BCUT2D eigenvalue weighted by molar-refractivity contribution is 7.15. The molecule has 1 aromatic carbocycles. The first kappa shape index (κ1) is 15.7. The number of hydrogen-bond donors (Lipinski definition) is 1. The maximum Gasteiger partial charge on any atom is 0.229 e. The smallest absolute Gasteiger partial charge is 0.229 e. The summed E-state index contributed by atoms with van der Waals surface area (Å²) < 4.78 is 13.0. The lowest BCUT2D eigenvalue weighted by Gasteiger charge is -2.25. The third kappa shape index (κ3) is 3.35. The van der Waals surface area contributed by atoms with E-state index < -0.39 is 0 Å². The third-order valence-electron chi connectivity index (χ3n) is 4.84. The molecule has 1 amide bonds. The Morgan fingerprint density at radius 2 is 2.12 bits per heavy atom. The average molecular weight is 345 g/mol. The lowest BCUT2D eigenvalue weighted by atomic mass is 9.85. The molecular weight excluding hydrogens is 325 g/mol. The molecule has 1 N–H and O–H groups in total. The van der Waals surface area contributed by atoms with Gasteiger partial charge in [0.15, 0.2) is 5.13 Å². The van der Waals surface area contributed by atoms with Gasteiger partial charge in [0.2, 0.25) is 5.91 Å². The molecule has 0 spiro atoms. The Morgan fingerprint density at radius 3 is 2.83 bits per heavy atom. The first-order chi connectivity index (χ1) is 11.7. The van der Waals surface area contributed by atoms with Crippen LogP contribution in [-0.2, 0) is 24.3 Å². The van der Waals surface area contributed by atoms with E-state index in [0.717, 1.165) is 61.7 Å². The summed E-state index contributed by atoms with van der Waals surface area (Å²) in [5.74, 6) is 0.102. The first-order valence-electron chi connectivity index (χ1n) is 8.43. The SMILES string of the molecule is O=C(Nc1nc2c(s1)CN(Cc1ccc(F)cc1)CC2)C1CCC1. The molecule has 2 aromatic rings. The van der Waals surface area contributed by atoms with Gasteiger partial charge in [-0.25, -0.2) is 9.37 Å². The molecule has 24 heavy (non-hydrogen) atoms. The molecule has 4 nitrogen and oxygen atoms in total. The second kappa shape index (κ2) is 6.61. The Morgan fingerprint density at radius 1 is 1.33 bits per heavy atom. The summed E-state index contributed by atoms with van der Waals surface area (Å²) in [5.41, 5.74) is 2.22. The van der Waals surface area contributed by atoms with Crippen LogP contribution >= 0.6 is 11.3 Å². The number of benzene rings is 1. The molecule has 1 aromatic heterocycles. The fourth-order valence-corrected chi connectivity index (χ4v) is 4.22. The predicted octanol–water partition coefficient (Wildman–Crippen LogP) is 3.58. The summed E-state index contributed by atoms with van der Waals surface area (Å²) in [6, 6.07) is 6.68. The first-order valence-corrected chi connectivity index (χ1v) is 9.25. The van der Waals surface area contributed by atoms with Crippen LogP contribution in [0, 0.1) is 11.7 Å². The molecule has 126 valence electrons. The van der Waals surface area contributed by atoms with Gasteiger partial charge >= 0.3 is 0 Å². The third-order valence-corrected chi connectivity index (χ3v) is 5.83. The number of carbonyl (C=O) groups is 1. The van der Waals surface area contributed by atoms with Crippen molar-refractivity contribution in [3.05, 3.63) is 46.2 Å². The summed E-state index contributed by atoms with van der Waals surface area (Å²) in [4.78, 5) is 20.2. The number of nitrogens with zero attached hydrogens (tertiary/aromatic N) is 2. The minimum atomic E-state index is -0.200. The van der Waals surface area contributed by atoms with Crippen LogP contribution < -0.4 is 5.32 Å². The molecule has 2 aliphatic rings. The summed E-state index contributed by atoms with van der Waals surface area (Å²) in [5, 5.41) is 3.72. The summed E-state index contributed by atoms with van der Waals surface area (Å²) >= 11 is 1.59. The number of aromatic nitrogens is 1. The highest BCUT2D eigenvalue weighted by atomic mass is 32.1. The largest absolute Gasteiger partial charge is 0.302 e. The van der Waals surface area contributed by atoms with E-state index in [1.54, 1.807) is 11.3 Å².